The van der Waals surface area contributed by atoms with E-state index in [1.54, 1.807) is 24.3 Å². The smallest absolute Gasteiger partial charge is 0.238 e. The fraction of sp³-hybridized carbons (Fsp3) is 0.562. The normalized spacial score (nSPS) is 18.4. The minimum Gasteiger partial charge on any atom is -0.396 e. The number of hydrogen-bond donors (Lipinski definition) is 2. The van der Waals surface area contributed by atoms with Crippen molar-refractivity contribution >= 4 is 23.2 Å². The molecule has 1 aromatic carbocycles. The summed E-state index contributed by atoms with van der Waals surface area (Å²) < 4.78 is 0. The highest BCUT2D eigenvalue weighted by molar-refractivity contribution is 6.30. The third-order valence-corrected chi connectivity index (χ3v) is 4.75. The molecule has 0 spiro atoms. The zero-order chi connectivity index (χ0) is 15.3. The van der Waals surface area contributed by atoms with E-state index in [1.165, 1.54) is 0 Å². The van der Waals surface area contributed by atoms with E-state index in [0.717, 1.165) is 38.0 Å². The fourth-order valence-corrected chi connectivity index (χ4v) is 2.87. The van der Waals surface area contributed by atoms with Gasteiger partial charge < -0.3 is 10.4 Å². The second-order valence-electron chi connectivity index (χ2n) is 5.84. The zero-order valence-electron chi connectivity index (χ0n) is 12.4. The van der Waals surface area contributed by atoms with Gasteiger partial charge in [-0.25, -0.2) is 0 Å². The number of carbonyl (C=O) groups is 1. The Hall–Kier alpha value is -1.10. The first-order valence-corrected chi connectivity index (χ1v) is 7.83. The van der Waals surface area contributed by atoms with Crippen molar-refractivity contribution in [3.63, 3.8) is 0 Å². The number of aliphatic hydroxyl groups is 1. The summed E-state index contributed by atoms with van der Waals surface area (Å²) in [6.45, 7) is 4.49. The quantitative estimate of drug-likeness (QED) is 0.879. The van der Waals surface area contributed by atoms with Crippen LogP contribution in [0.1, 0.15) is 26.2 Å². The molecule has 1 heterocycles. The average Bonchev–Trinajstić information content (AvgIpc) is 2.51. The van der Waals surface area contributed by atoms with Gasteiger partial charge in [0.1, 0.15) is 0 Å². The summed E-state index contributed by atoms with van der Waals surface area (Å²) in [5.41, 5.74) is 0.822. The third kappa shape index (κ3) is 4.43. The van der Waals surface area contributed by atoms with Gasteiger partial charge in [0.25, 0.3) is 0 Å². The Labute approximate surface area is 131 Å². The molecule has 0 aliphatic carbocycles. The number of nitrogens with one attached hydrogen (secondary N) is 1. The van der Waals surface area contributed by atoms with Gasteiger partial charge in [-0.3, -0.25) is 9.69 Å². The van der Waals surface area contributed by atoms with Crippen molar-refractivity contribution in [3.05, 3.63) is 29.3 Å². The van der Waals surface area contributed by atoms with Crippen molar-refractivity contribution in [1.29, 1.82) is 0 Å². The van der Waals surface area contributed by atoms with E-state index >= 15 is 0 Å². The number of likely N-dealkylation sites (tertiary alicyclic amines) is 1. The molecule has 0 aromatic heterocycles. The first kappa shape index (κ1) is 16.3. The molecular formula is C16H23ClN2O2. The largest absolute Gasteiger partial charge is 0.396 e. The van der Waals surface area contributed by atoms with Crippen LogP contribution in [0, 0.1) is 5.41 Å². The fourth-order valence-electron chi connectivity index (χ4n) is 2.75. The van der Waals surface area contributed by atoms with Crippen molar-refractivity contribution in [2.75, 3.05) is 31.6 Å². The van der Waals surface area contributed by atoms with Gasteiger partial charge in [-0.05, 0) is 62.0 Å². The molecule has 1 aliphatic heterocycles. The van der Waals surface area contributed by atoms with Crippen LogP contribution < -0.4 is 5.32 Å². The number of aliphatic hydroxyl groups excluding tert-OH is 1. The van der Waals surface area contributed by atoms with E-state index < -0.39 is 0 Å². The summed E-state index contributed by atoms with van der Waals surface area (Å²) in [5.74, 6) is -0.00896. The minimum absolute atomic E-state index is 0.00896. The molecule has 0 radical (unpaired) electrons. The lowest BCUT2D eigenvalue weighted by Gasteiger charge is -2.39. The Kier molecular flexibility index (Phi) is 5.62. The van der Waals surface area contributed by atoms with Gasteiger partial charge in [0.15, 0.2) is 0 Å². The van der Waals surface area contributed by atoms with Crippen LogP contribution in [0.15, 0.2) is 24.3 Å². The number of hydrogen-bond acceptors (Lipinski definition) is 3. The van der Waals surface area contributed by atoms with Crippen LogP contribution in [0.25, 0.3) is 0 Å². The van der Waals surface area contributed by atoms with E-state index in [0.29, 0.717) is 11.6 Å². The van der Waals surface area contributed by atoms with Gasteiger partial charge in [0, 0.05) is 17.3 Å². The van der Waals surface area contributed by atoms with Crippen LogP contribution in [0.2, 0.25) is 5.02 Å². The van der Waals surface area contributed by atoms with Crippen LogP contribution in [-0.2, 0) is 4.79 Å². The maximum absolute atomic E-state index is 12.0. The highest BCUT2D eigenvalue weighted by Crippen LogP contribution is 2.33. The predicted molar refractivity (Wildman–Crippen MR) is 85.6 cm³/mol. The molecule has 116 valence electrons. The number of halogens is 1. The Morgan fingerprint density at radius 3 is 2.48 bits per heavy atom. The number of amides is 1. The third-order valence-electron chi connectivity index (χ3n) is 4.50. The van der Waals surface area contributed by atoms with E-state index in [-0.39, 0.29) is 17.9 Å². The van der Waals surface area contributed by atoms with Gasteiger partial charge in [0.2, 0.25) is 5.91 Å². The van der Waals surface area contributed by atoms with Crippen LogP contribution >= 0.6 is 11.6 Å². The molecule has 0 unspecified atom stereocenters. The molecule has 5 heteroatoms. The second kappa shape index (κ2) is 7.25. The average molecular weight is 311 g/mol. The lowest BCUT2D eigenvalue weighted by molar-refractivity contribution is -0.118. The summed E-state index contributed by atoms with van der Waals surface area (Å²) in [4.78, 5) is 14.2. The van der Waals surface area contributed by atoms with Gasteiger partial charge in [0.05, 0.1) is 6.54 Å². The molecule has 1 aromatic rings. The molecule has 1 saturated heterocycles. The molecule has 21 heavy (non-hydrogen) atoms. The first-order valence-electron chi connectivity index (χ1n) is 7.45. The Morgan fingerprint density at radius 2 is 1.95 bits per heavy atom. The molecule has 2 rings (SSSR count). The van der Waals surface area contributed by atoms with E-state index in [1.807, 2.05) is 0 Å². The van der Waals surface area contributed by atoms with Crippen LogP contribution in [0.4, 0.5) is 5.69 Å². The molecule has 1 aliphatic rings. The number of anilines is 1. The molecular weight excluding hydrogens is 288 g/mol. The molecule has 1 fully saturated rings. The number of nitrogens with zero attached hydrogens (tertiary/aromatic N) is 1. The van der Waals surface area contributed by atoms with E-state index in [9.17, 15) is 9.90 Å². The first-order chi connectivity index (χ1) is 10.1. The van der Waals surface area contributed by atoms with Crippen molar-refractivity contribution < 1.29 is 9.90 Å². The Morgan fingerprint density at radius 1 is 1.33 bits per heavy atom. The van der Waals surface area contributed by atoms with Crippen molar-refractivity contribution in [3.8, 4) is 0 Å². The lowest BCUT2D eigenvalue weighted by Crippen LogP contribution is -2.44. The monoisotopic (exact) mass is 310 g/mol. The van der Waals surface area contributed by atoms with Gasteiger partial charge >= 0.3 is 0 Å². The summed E-state index contributed by atoms with van der Waals surface area (Å²) in [7, 11) is 0. The van der Waals surface area contributed by atoms with Gasteiger partial charge in [-0.15, -0.1) is 0 Å². The Balaban J connectivity index is 1.80. The van der Waals surface area contributed by atoms with Crippen LogP contribution in [-0.4, -0.2) is 42.2 Å². The van der Waals surface area contributed by atoms with E-state index in [2.05, 4.69) is 17.1 Å². The SMILES string of the molecule is CCC1(CO)CCN(CC(=O)Nc2ccc(Cl)cc2)CC1. The lowest BCUT2D eigenvalue weighted by atomic mass is 9.77. The number of piperidine rings is 1. The summed E-state index contributed by atoms with van der Waals surface area (Å²) in [6, 6.07) is 7.11. The standard InChI is InChI=1S/C16H23ClN2O2/c1-2-16(12-20)7-9-19(10-8-16)11-15(21)18-14-5-3-13(17)4-6-14/h3-6,20H,2,7-12H2,1H3,(H,18,21). The van der Waals surface area contributed by atoms with Crippen molar-refractivity contribution in [1.82, 2.24) is 4.90 Å². The van der Waals surface area contributed by atoms with Gasteiger partial charge in [-0.2, -0.15) is 0 Å². The molecule has 1 amide bonds. The Bertz CT molecular complexity index is 462. The summed E-state index contributed by atoms with van der Waals surface area (Å²) in [5, 5.41) is 13.1. The maximum Gasteiger partial charge on any atom is 0.238 e. The highest BCUT2D eigenvalue weighted by atomic mass is 35.5. The van der Waals surface area contributed by atoms with Crippen molar-refractivity contribution in [2.45, 2.75) is 26.2 Å². The molecule has 0 atom stereocenters. The zero-order valence-corrected chi connectivity index (χ0v) is 13.2. The maximum atomic E-state index is 12.0. The second-order valence-corrected chi connectivity index (χ2v) is 6.28. The topological polar surface area (TPSA) is 52.6 Å². The van der Waals surface area contributed by atoms with Crippen LogP contribution in [0.3, 0.4) is 0 Å². The number of rotatable bonds is 5. The minimum atomic E-state index is -0.00896. The molecule has 4 nitrogen and oxygen atoms in total. The van der Waals surface area contributed by atoms with Crippen molar-refractivity contribution in [2.24, 2.45) is 5.41 Å². The molecule has 0 saturated carbocycles. The van der Waals surface area contributed by atoms with Crippen LogP contribution in [0.5, 0.6) is 0 Å². The highest BCUT2D eigenvalue weighted by Gasteiger charge is 2.32. The number of carbonyl (C=O) groups excluding carboxylic acids is 1. The number of benzene rings is 1. The predicted octanol–water partition coefficient (Wildman–Crippen LogP) is 2.76. The molecule has 0 bridgehead atoms. The summed E-state index contributed by atoms with van der Waals surface area (Å²) >= 11 is 5.82. The van der Waals surface area contributed by atoms with Gasteiger partial charge in [-0.1, -0.05) is 18.5 Å². The van der Waals surface area contributed by atoms with E-state index in [4.69, 9.17) is 11.6 Å². The molecule has 2 N–H and O–H groups in total. The summed E-state index contributed by atoms with van der Waals surface area (Å²) in [6.07, 6.45) is 2.90.